The van der Waals surface area contributed by atoms with E-state index in [0.29, 0.717) is 11.7 Å². The van der Waals surface area contributed by atoms with Gasteiger partial charge in [0.25, 0.3) is 0 Å². The van der Waals surface area contributed by atoms with Gasteiger partial charge in [0.15, 0.2) is 0 Å². The van der Waals surface area contributed by atoms with Gasteiger partial charge in [0.05, 0.1) is 0 Å². The minimum Gasteiger partial charge on any atom is -0.300 e. The maximum absolute atomic E-state index is 11.0. The lowest BCUT2D eigenvalue weighted by molar-refractivity contribution is -0.117. The second kappa shape index (κ2) is 7.90. The smallest absolute Gasteiger partial charge is 0.130 e. The molecule has 0 aromatic carbocycles. The molecule has 3 atom stereocenters. The molecule has 0 bridgehead atoms. The number of Topliss-reactive ketones (excluding diaryl/α,β-unsaturated/α-hetero) is 1. The van der Waals surface area contributed by atoms with E-state index in [2.05, 4.69) is 27.7 Å². The molecule has 0 saturated heterocycles. The summed E-state index contributed by atoms with van der Waals surface area (Å²) in [6, 6.07) is 0. The lowest BCUT2D eigenvalue weighted by atomic mass is 9.86. The third kappa shape index (κ3) is 8.65. The van der Waals surface area contributed by atoms with Crippen molar-refractivity contribution in [3.8, 4) is 0 Å². The molecular formula is C14H28O. The van der Waals surface area contributed by atoms with Crippen molar-refractivity contribution in [1.82, 2.24) is 0 Å². The summed E-state index contributed by atoms with van der Waals surface area (Å²) in [6.07, 6.45) is 5.90. The summed E-state index contributed by atoms with van der Waals surface area (Å²) < 4.78 is 0. The molecule has 0 rings (SSSR count). The molecule has 0 radical (unpaired) electrons. The van der Waals surface area contributed by atoms with E-state index in [1.807, 2.05) is 0 Å². The van der Waals surface area contributed by atoms with Crippen LogP contribution < -0.4 is 0 Å². The van der Waals surface area contributed by atoms with Crippen LogP contribution in [0, 0.1) is 17.8 Å². The average molecular weight is 212 g/mol. The van der Waals surface area contributed by atoms with E-state index < -0.39 is 0 Å². The summed E-state index contributed by atoms with van der Waals surface area (Å²) >= 11 is 0. The van der Waals surface area contributed by atoms with Gasteiger partial charge in [-0.2, -0.15) is 0 Å². The van der Waals surface area contributed by atoms with E-state index >= 15 is 0 Å². The van der Waals surface area contributed by atoms with Crippen molar-refractivity contribution < 1.29 is 4.79 Å². The predicted octanol–water partition coefficient (Wildman–Crippen LogP) is 4.45. The Morgan fingerprint density at radius 3 is 2.00 bits per heavy atom. The second-order valence-electron chi connectivity index (χ2n) is 5.48. The summed E-state index contributed by atoms with van der Waals surface area (Å²) in [6.45, 7) is 10.8. The van der Waals surface area contributed by atoms with Crippen molar-refractivity contribution in [2.45, 2.75) is 66.7 Å². The highest BCUT2D eigenvalue weighted by molar-refractivity contribution is 5.75. The van der Waals surface area contributed by atoms with Crippen molar-refractivity contribution >= 4 is 5.78 Å². The first kappa shape index (κ1) is 14.7. The molecule has 1 nitrogen and oxygen atoms in total. The molecule has 0 spiro atoms. The Bertz CT molecular complexity index is 174. The first-order chi connectivity index (χ1) is 6.95. The molecule has 0 unspecified atom stereocenters. The Balaban J connectivity index is 3.71. The number of carbonyl (C=O) groups excluding carboxylic acids is 1. The highest BCUT2D eigenvalue weighted by Crippen LogP contribution is 2.23. The Labute approximate surface area is 95.6 Å². The van der Waals surface area contributed by atoms with Crippen LogP contribution in [0.3, 0.4) is 0 Å². The van der Waals surface area contributed by atoms with E-state index in [0.717, 1.165) is 18.3 Å². The van der Waals surface area contributed by atoms with Gasteiger partial charge in [-0.25, -0.2) is 0 Å². The van der Waals surface area contributed by atoms with Crippen LogP contribution in [0.1, 0.15) is 66.7 Å². The summed E-state index contributed by atoms with van der Waals surface area (Å²) in [4.78, 5) is 11.0. The predicted molar refractivity (Wildman–Crippen MR) is 66.9 cm³/mol. The Hall–Kier alpha value is -0.330. The second-order valence-corrected chi connectivity index (χ2v) is 5.48. The maximum Gasteiger partial charge on any atom is 0.130 e. The summed E-state index contributed by atoms with van der Waals surface area (Å²) in [7, 11) is 0. The highest BCUT2D eigenvalue weighted by atomic mass is 16.1. The standard InChI is InChI=1S/C14H28O/c1-6-7-11(2)8-12(3)9-13(4)10-14(5)15/h11-13H,6-10H2,1-5H3/t11-,12-,13-/m1/s1. The molecule has 0 aliphatic carbocycles. The average Bonchev–Trinajstić information content (AvgIpc) is 2.00. The molecule has 0 saturated carbocycles. The SMILES string of the molecule is CCC[C@@H](C)C[C@@H](C)C[C@@H](C)CC(C)=O. The van der Waals surface area contributed by atoms with Crippen LogP contribution in [0.5, 0.6) is 0 Å². The van der Waals surface area contributed by atoms with Crippen LogP contribution >= 0.6 is 0 Å². The number of hydrogen-bond donors (Lipinski definition) is 0. The molecule has 1 heteroatoms. The number of carbonyl (C=O) groups is 1. The Kier molecular flexibility index (Phi) is 7.72. The van der Waals surface area contributed by atoms with Gasteiger partial charge < -0.3 is 4.79 Å². The van der Waals surface area contributed by atoms with Gasteiger partial charge in [-0.3, -0.25) is 0 Å². The van der Waals surface area contributed by atoms with Crippen molar-refractivity contribution in [3.05, 3.63) is 0 Å². The molecule has 0 N–H and O–H groups in total. The van der Waals surface area contributed by atoms with Crippen LogP contribution in [-0.2, 0) is 4.79 Å². The maximum atomic E-state index is 11.0. The molecule has 0 amide bonds. The topological polar surface area (TPSA) is 17.1 Å². The highest BCUT2D eigenvalue weighted by Gasteiger charge is 2.13. The number of ketones is 1. The van der Waals surface area contributed by atoms with E-state index in [1.165, 1.54) is 25.7 Å². The van der Waals surface area contributed by atoms with Crippen molar-refractivity contribution in [2.75, 3.05) is 0 Å². The van der Waals surface area contributed by atoms with E-state index in [4.69, 9.17) is 0 Å². The first-order valence-electron chi connectivity index (χ1n) is 6.45. The van der Waals surface area contributed by atoms with E-state index in [9.17, 15) is 4.79 Å². The minimum atomic E-state index is 0.330. The molecule has 0 aliphatic heterocycles. The fourth-order valence-corrected chi connectivity index (χ4v) is 2.65. The van der Waals surface area contributed by atoms with Gasteiger partial charge in [-0.15, -0.1) is 0 Å². The minimum absolute atomic E-state index is 0.330. The van der Waals surface area contributed by atoms with Gasteiger partial charge in [-0.05, 0) is 37.5 Å². The Morgan fingerprint density at radius 1 is 1.00 bits per heavy atom. The molecular weight excluding hydrogens is 184 g/mol. The van der Waals surface area contributed by atoms with Crippen molar-refractivity contribution in [1.29, 1.82) is 0 Å². The zero-order chi connectivity index (χ0) is 11.8. The quantitative estimate of drug-likeness (QED) is 0.581. The molecule has 0 aromatic rings. The molecule has 0 fully saturated rings. The first-order valence-corrected chi connectivity index (χ1v) is 6.45. The van der Waals surface area contributed by atoms with Gasteiger partial charge in [0.1, 0.15) is 5.78 Å². The van der Waals surface area contributed by atoms with Crippen LogP contribution in [0.2, 0.25) is 0 Å². The van der Waals surface area contributed by atoms with E-state index in [1.54, 1.807) is 6.92 Å². The fourth-order valence-electron chi connectivity index (χ4n) is 2.65. The molecule has 15 heavy (non-hydrogen) atoms. The number of rotatable bonds is 8. The summed E-state index contributed by atoms with van der Waals surface area (Å²) in [5.74, 6) is 2.50. The van der Waals surface area contributed by atoms with Crippen LogP contribution in [0.15, 0.2) is 0 Å². The van der Waals surface area contributed by atoms with Gasteiger partial charge in [0.2, 0.25) is 0 Å². The zero-order valence-electron chi connectivity index (χ0n) is 11.2. The van der Waals surface area contributed by atoms with Gasteiger partial charge >= 0.3 is 0 Å². The Morgan fingerprint density at radius 2 is 1.53 bits per heavy atom. The lowest BCUT2D eigenvalue weighted by Crippen LogP contribution is -2.10. The van der Waals surface area contributed by atoms with Crippen LogP contribution in [0.25, 0.3) is 0 Å². The normalized spacial score (nSPS) is 17.1. The zero-order valence-corrected chi connectivity index (χ0v) is 11.2. The van der Waals surface area contributed by atoms with Crippen LogP contribution in [-0.4, -0.2) is 5.78 Å². The fraction of sp³-hybridized carbons (Fsp3) is 0.929. The molecule has 0 aromatic heterocycles. The van der Waals surface area contributed by atoms with Gasteiger partial charge in [0, 0.05) is 6.42 Å². The largest absolute Gasteiger partial charge is 0.300 e. The van der Waals surface area contributed by atoms with Gasteiger partial charge in [-0.1, -0.05) is 40.5 Å². The van der Waals surface area contributed by atoms with E-state index in [-0.39, 0.29) is 0 Å². The van der Waals surface area contributed by atoms with Crippen LogP contribution in [0.4, 0.5) is 0 Å². The number of hydrogen-bond acceptors (Lipinski definition) is 1. The molecule has 0 aliphatic rings. The third-order valence-corrected chi connectivity index (χ3v) is 3.03. The third-order valence-electron chi connectivity index (χ3n) is 3.03. The van der Waals surface area contributed by atoms with Crippen molar-refractivity contribution in [2.24, 2.45) is 17.8 Å². The molecule has 90 valence electrons. The van der Waals surface area contributed by atoms with Crippen molar-refractivity contribution in [3.63, 3.8) is 0 Å². The summed E-state index contributed by atoms with van der Waals surface area (Å²) in [5, 5.41) is 0. The molecule has 0 heterocycles. The lowest BCUT2D eigenvalue weighted by Gasteiger charge is -2.19. The summed E-state index contributed by atoms with van der Waals surface area (Å²) in [5.41, 5.74) is 0. The monoisotopic (exact) mass is 212 g/mol.